The number of hydrogen-bond acceptors (Lipinski definition) is 6. The van der Waals surface area contributed by atoms with Crippen LogP contribution in [0.25, 0.3) is 0 Å². The Balaban J connectivity index is 1.86. The molecular weight excluding hydrogens is 466 g/mol. The van der Waals surface area contributed by atoms with E-state index >= 15 is 0 Å². The second kappa shape index (κ2) is 13.8. The second-order valence-electron chi connectivity index (χ2n) is 7.10. The van der Waals surface area contributed by atoms with Crippen LogP contribution in [0.2, 0.25) is 5.02 Å². The molecule has 0 heterocycles. The van der Waals surface area contributed by atoms with E-state index < -0.39 is 22.0 Å². The van der Waals surface area contributed by atoms with Crippen LogP contribution < -0.4 is 20.3 Å². The zero-order valence-corrected chi connectivity index (χ0v) is 19.9. The van der Waals surface area contributed by atoms with Crippen molar-refractivity contribution >= 4 is 27.5 Å². The monoisotopic (exact) mass is 493 g/mol. The van der Waals surface area contributed by atoms with Crippen LogP contribution in [0.5, 0.6) is 5.75 Å². The van der Waals surface area contributed by atoms with Crippen molar-refractivity contribution in [1.82, 2.24) is 15.5 Å². The topological polar surface area (TPSA) is 117 Å². The lowest BCUT2D eigenvalue weighted by Crippen LogP contribution is -2.45. The first-order valence-electron chi connectivity index (χ1n) is 10.4. The third-order valence-electron chi connectivity index (χ3n) is 4.72. The minimum Gasteiger partial charge on any atom is -0.481 e. The average molecular weight is 494 g/mol. The Labute approximate surface area is 199 Å². The fourth-order valence-electron chi connectivity index (χ4n) is 2.95. The van der Waals surface area contributed by atoms with Crippen molar-refractivity contribution in [3.05, 3.63) is 59.1 Å². The van der Waals surface area contributed by atoms with Crippen molar-refractivity contribution < 1.29 is 23.2 Å². The summed E-state index contributed by atoms with van der Waals surface area (Å²) in [7, 11) is -3.98. The van der Waals surface area contributed by atoms with Gasteiger partial charge in [-0.25, -0.2) is 13.9 Å². The third-order valence-corrected chi connectivity index (χ3v) is 6.57. The Morgan fingerprint density at radius 1 is 1.15 bits per heavy atom. The van der Waals surface area contributed by atoms with Gasteiger partial charge in [-0.2, -0.15) is 4.72 Å². The van der Waals surface area contributed by atoms with E-state index in [2.05, 4.69) is 21.9 Å². The predicted molar refractivity (Wildman–Crippen MR) is 126 cm³/mol. The highest BCUT2D eigenvalue weighted by molar-refractivity contribution is 7.89. The maximum atomic E-state index is 12.7. The normalized spacial score (nSPS) is 11.8. The van der Waals surface area contributed by atoms with Gasteiger partial charge >= 0.3 is 0 Å². The van der Waals surface area contributed by atoms with Gasteiger partial charge in [0.2, 0.25) is 10.0 Å². The first-order chi connectivity index (χ1) is 15.9. The molecule has 1 atom stereocenters. The molecule has 0 saturated carbocycles. The summed E-state index contributed by atoms with van der Waals surface area (Å²) in [5.41, 5.74) is 2.51. The molecule has 0 bridgehead atoms. The summed E-state index contributed by atoms with van der Waals surface area (Å²) >= 11 is 6.12. The molecule has 0 radical (unpaired) electrons. The van der Waals surface area contributed by atoms with E-state index in [0.29, 0.717) is 36.7 Å². The quantitative estimate of drug-likeness (QED) is 0.147. The van der Waals surface area contributed by atoms with Gasteiger partial charge < -0.3 is 10.1 Å². The summed E-state index contributed by atoms with van der Waals surface area (Å²) in [5, 5.41) is 13.0. The van der Waals surface area contributed by atoms with Crippen molar-refractivity contribution in [2.75, 3.05) is 13.2 Å². The van der Waals surface area contributed by atoms with Crippen LogP contribution in [0.15, 0.2) is 53.4 Å². The Kier molecular flexibility index (Phi) is 11.2. The Morgan fingerprint density at radius 2 is 1.88 bits per heavy atom. The largest absolute Gasteiger partial charge is 0.481 e. The van der Waals surface area contributed by atoms with E-state index in [1.165, 1.54) is 29.7 Å². The maximum Gasteiger partial charge on any atom is 0.261 e. The van der Waals surface area contributed by atoms with E-state index in [-0.39, 0.29) is 17.9 Å². The smallest absolute Gasteiger partial charge is 0.261 e. The number of ether oxygens (including phenoxy) is 1. The fourth-order valence-corrected chi connectivity index (χ4v) is 4.38. The number of hydroxylamine groups is 1. The molecule has 0 saturated heterocycles. The number of rotatable bonds is 13. The number of amides is 1. The molecule has 178 valence electrons. The van der Waals surface area contributed by atoms with Gasteiger partial charge in [-0.3, -0.25) is 10.0 Å². The van der Waals surface area contributed by atoms with Gasteiger partial charge in [0.1, 0.15) is 18.4 Å². The molecule has 1 unspecified atom stereocenters. The van der Waals surface area contributed by atoms with Gasteiger partial charge in [0.05, 0.1) is 4.90 Å². The van der Waals surface area contributed by atoms with Crippen LogP contribution in [0.3, 0.4) is 0 Å². The lowest BCUT2D eigenvalue weighted by Gasteiger charge is -2.17. The summed E-state index contributed by atoms with van der Waals surface area (Å²) in [6.45, 7) is 3.17. The lowest BCUT2D eigenvalue weighted by molar-refractivity contribution is -0.131. The number of nitrogens with one attached hydrogen (secondary N) is 3. The number of carbonyl (C=O) groups excluding carboxylic acids is 1. The maximum absolute atomic E-state index is 12.7. The van der Waals surface area contributed by atoms with Gasteiger partial charge in [-0.1, -0.05) is 42.1 Å². The summed E-state index contributed by atoms with van der Waals surface area (Å²) in [5.74, 6) is 5.11. The number of benzene rings is 2. The molecule has 2 rings (SSSR count). The molecule has 0 aliphatic carbocycles. The third kappa shape index (κ3) is 9.04. The zero-order valence-electron chi connectivity index (χ0n) is 18.3. The number of halogens is 1. The number of hydrogen-bond donors (Lipinski definition) is 4. The van der Waals surface area contributed by atoms with Crippen LogP contribution in [-0.2, 0) is 21.4 Å². The highest BCUT2D eigenvalue weighted by Crippen LogP contribution is 2.17. The molecule has 0 aromatic heterocycles. The molecule has 4 N–H and O–H groups in total. The summed E-state index contributed by atoms with van der Waals surface area (Å²) in [4.78, 5) is 12.0. The van der Waals surface area contributed by atoms with E-state index in [0.717, 1.165) is 5.56 Å². The molecule has 33 heavy (non-hydrogen) atoms. The Morgan fingerprint density at radius 3 is 2.55 bits per heavy atom. The van der Waals surface area contributed by atoms with Crippen molar-refractivity contribution in [3.63, 3.8) is 0 Å². The van der Waals surface area contributed by atoms with Gasteiger partial charge in [0.25, 0.3) is 5.91 Å². The van der Waals surface area contributed by atoms with E-state index in [9.17, 15) is 13.2 Å². The average Bonchev–Trinajstić information content (AvgIpc) is 2.81. The standard InChI is InChI=1S/C23H28ClN3O5S/c1-2-3-16-32-19-11-13-20(14-12-19)33(30,31)27-22(23(28)26-29)10-6-7-15-25-17-18-8-4-5-9-21(18)24/h4-5,8-9,11-14,22,25,27,29H,6-7,10,15-17H2,1H3,(H,26,28). The Hall–Kier alpha value is -2.61. The zero-order chi connectivity index (χ0) is 24.1. The second-order valence-corrected chi connectivity index (χ2v) is 9.22. The molecule has 10 heteroatoms. The van der Waals surface area contributed by atoms with Crippen LogP contribution in [-0.4, -0.2) is 38.7 Å². The van der Waals surface area contributed by atoms with Gasteiger partial charge in [-0.15, -0.1) is 5.92 Å². The number of sulfonamides is 1. The van der Waals surface area contributed by atoms with Gasteiger partial charge in [0.15, 0.2) is 0 Å². The van der Waals surface area contributed by atoms with Crippen molar-refractivity contribution in [2.45, 2.75) is 43.7 Å². The SMILES string of the molecule is CC#CCOc1ccc(S(=O)(=O)NC(CCCCNCc2ccccc2Cl)C(=O)NO)cc1. The molecule has 0 fully saturated rings. The molecular formula is C23H28ClN3O5S. The lowest BCUT2D eigenvalue weighted by atomic mass is 10.1. The van der Waals surface area contributed by atoms with E-state index in [1.54, 1.807) is 6.92 Å². The minimum absolute atomic E-state index is 0.0198. The molecule has 8 nitrogen and oxygen atoms in total. The molecule has 0 spiro atoms. The minimum atomic E-state index is -3.98. The van der Waals surface area contributed by atoms with Crippen molar-refractivity contribution in [3.8, 4) is 17.6 Å². The van der Waals surface area contributed by atoms with Crippen LogP contribution in [0.4, 0.5) is 0 Å². The van der Waals surface area contributed by atoms with Gasteiger partial charge in [-0.05, 0) is 62.2 Å². The number of carbonyl (C=O) groups is 1. The van der Waals surface area contributed by atoms with Crippen LogP contribution >= 0.6 is 11.6 Å². The van der Waals surface area contributed by atoms with E-state index in [4.69, 9.17) is 21.5 Å². The summed E-state index contributed by atoms with van der Waals surface area (Å²) in [6.07, 6.45) is 1.48. The Bertz CT molecular complexity index is 1070. The first-order valence-corrected chi connectivity index (χ1v) is 12.3. The molecule has 2 aromatic rings. The molecule has 2 aromatic carbocycles. The van der Waals surface area contributed by atoms with Crippen molar-refractivity contribution in [2.24, 2.45) is 0 Å². The summed E-state index contributed by atoms with van der Waals surface area (Å²) < 4.78 is 33.1. The number of unbranched alkanes of at least 4 members (excludes halogenated alkanes) is 1. The fraction of sp³-hybridized carbons (Fsp3) is 0.348. The van der Waals surface area contributed by atoms with Crippen molar-refractivity contribution in [1.29, 1.82) is 0 Å². The van der Waals surface area contributed by atoms with E-state index in [1.807, 2.05) is 24.3 Å². The molecule has 1 amide bonds. The van der Waals surface area contributed by atoms with Crippen LogP contribution in [0.1, 0.15) is 31.7 Å². The summed E-state index contributed by atoms with van der Waals surface area (Å²) in [6, 6.07) is 12.2. The highest BCUT2D eigenvalue weighted by atomic mass is 35.5. The molecule has 0 aliphatic heterocycles. The predicted octanol–water partition coefficient (Wildman–Crippen LogP) is 2.85. The van der Waals surface area contributed by atoms with Crippen LogP contribution in [0, 0.1) is 11.8 Å². The van der Waals surface area contributed by atoms with Gasteiger partial charge in [0, 0.05) is 11.6 Å². The molecule has 0 aliphatic rings. The highest BCUT2D eigenvalue weighted by Gasteiger charge is 2.25. The first kappa shape index (κ1) is 26.6.